The van der Waals surface area contributed by atoms with E-state index in [2.05, 4.69) is 10.3 Å². The van der Waals surface area contributed by atoms with Gasteiger partial charge in [-0.15, -0.1) is 0 Å². The molecule has 2 aromatic carbocycles. The fourth-order valence-corrected chi connectivity index (χ4v) is 3.26. The first-order valence-corrected chi connectivity index (χ1v) is 9.47. The molecule has 0 fully saturated rings. The molecule has 0 saturated carbocycles. The van der Waals surface area contributed by atoms with Crippen molar-refractivity contribution in [2.75, 3.05) is 0 Å². The van der Waals surface area contributed by atoms with Crippen molar-refractivity contribution >= 4 is 11.9 Å². The predicted octanol–water partition coefficient (Wildman–Crippen LogP) is 4.62. The van der Waals surface area contributed by atoms with E-state index in [0.29, 0.717) is 11.3 Å². The summed E-state index contributed by atoms with van der Waals surface area (Å²) in [5, 5.41) is 12.2. The van der Waals surface area contributed by atoms with Crippen molar-refractivity contribution < 1.29 is 14.7 Å². The Morgan fingerprint density at radius 2 is 1.72 bits per heavy atom. The molecule has 29 heavy (non-hydrogen) atoms. The van der Waals surface area contributed by atoms with Crippen LogP contribution in [0.25, 0.3) is 11.3 Å². The van der Waals surface area contributed by atoms with Crippen molar-refractivity contribution in [2.45, 2.75) is 33.2 Å². The Labute approximate surface area is 170 Å². The van der Waals surface area contributed by atoms with E-state index >= 15 is 0 Å². The molecule has 3 aromatic rings. The lowest BCUT2D eigenvalue weighted by Gasteiger charge is -2.19. The maximum atomic E-state index is 12.9. The number of hydrogen-bond donors (Lipinski definition) is 2. The molecule has 3 rings (SSSR count). The van der Waals surface area contributed by atoms with Gasteiger partial charge in [0.1, 0.15) is 0 Å². The first-order valence-electron chi connectivity index (χ1n) is 9.47. The molecule has 0 aliphatic carbocycles. The van der Waals surface area contributed by atoms with Crippen molar-refractivity contribution in [3.8, 4) is 11.3 Å². The van der Waals surface area contributed by atoms with Gasteiger partial charge in [0.15, 0.2) is 0 Å². The number of aliphatic carboxylic acids is 1. The number of amides is 1. The minimum Gasteiger partial charge on any atom is -0.481 e. The van der Waals surface area contributed by atoms with E-state index in [9.17, 15) is 14.7 Å². The fraction of sp³-hybridized carbons (Fsp3) is 0.208. The molecule has 5 heteroatoms. The summed E-state index contributed by atoms with van der Waals surface area (Å²) < 4.78 is 0. The van der Waals surface area contributed by atoms with E-state index in [1.54, 1.807) is 18.3 Å². The van der Waals surface area contributed by atoms with Crippen molar-refractivity contribution in [1.82, 2.24) is 10.3 Å². The van der Waals surface area contributed by atoms with Crippen LogP contribution in [-0.4, -0.2) is 22.0 Å². The van der Waals surface area contributed by atoms with Gasteiger partial charge < -0.3 is 10.4 Å². The molecular formula is C24H24N2O3. The highest BCUT2D eigenvalue weighted by Crippen LogP contribution is 2.23. The number of carbonyl (C=O) groups excluding carboxylic acids is 1. The SMILES string of the molecule is Cc1ccc(-c2cc(C(=O)NC(CC(=O)O)c3ccccc3C)ccn2)cc1C. The maximum Gasteiger partial charge on any atom is 0.305 e. The molecule has 5 nitrogen and oxygen atoms in total. The van der Waals surface area contributed by atoms with Gasteiger partial charge in [0.2, 0.25) is 0 Å². The van der Waals surface area contributed by atoms with E-state index in [1.807, 2.05) is 63.2 Å². The predicted molar refractivity (Wildman–Crippen MR) is 113 cm³/mol. The van der Waals surface area contributed by atoms with E-state index in [1.165, 1.54) is 5.56 Å². The van der Waals surface area contributed by atoms with Gasteiger partial charge >= 0.3 is 5.97 Å². The third-order valence-corrected chi connectivity index (χ3v) is 5.07. The third-order valence-electron chi connectivity index (χ3n) is 5.07. The van der Waals surface area contributed by atoms with Crippen LogP contribution in [0, 0.1) is 20.8 Å². The third kappa shape index (κ3) is 4.88. The van der Waals surface area contributed by atoms with Gasteiger partial charge in [0.05, 0.1) is 18.2 Å². The normalized spacial score (nSPS) is 11.7. The summed E-state index contributed by atoms with van der Waals surface area (Å²) >= 11 is 0. The van der Waals surface area contributed by atoms with Crippen LogP contribution >= 0.6 is 0 Å². The van der Waals surface area contributed by atoms with Crippen LogP contribution in [0.5, 0.6) is 0 Å². The molecule has 0 aliphatic heterocycles. The molecule has 1 amide bonds. The number of carboxylic acids is 1. The number of benzene rings is 2. The topological polar surface area (TPSA) is 79.3 Å². The number of rotatable bonds is 6. The highest BCUT2D eigenvalue weighted by Gasteiger charge is 2.20. The van der Waals surface area contributed by atoms with Gasteiger partial charge in [0.25, 0.3) is 5.91 Å². The lowest BCUT2D eigenvalue weighted by atomic mass is 9.98. The summed E-state index contributed by atoms with van der Waals surface area (Å²) in [5.74, 6) is -1.30. The Bertz CT molecular complexity index is 1060. The van der Waals surface area contributed by atoms with Crippen molar-refractivity contribution in [1.29, 1.82) is 0 Å². The van der Waals surface area contributed by atoms with Crippen LogP contribution in [0.2, 0.25) is 0 Å². The summed E-state index contributed by atoms with van der Waals surface area (Å²) in [6, 6.07) is 16.3. The van der Waals surface area contributed by atoms with Gasteiger partial charge in [-0.3, -0.25) is 14.6 Å². The number of nitrogens with zero attached hydrogens (tertiary/aromatic N) is 1. The van der Waals surface area contributed by atoms with E-state index in [4.69, 9.17) is 0 Å². The van der Waals surface area contributed by atoms with Gasteiger partial charge in [0, 0.05) is 17.3 Å². The zero-order valence-corrected chi connectivity index (χ0v) is 16.8. The largest absolute Gasteiger partial charge is 0.481 e. The zero-order chi connectivity index (χ0) is 21.0. The molecule has 2 N–H and O–H groups in total. The minimum atomic E-state index is -0.968. The molecule has 0 radical (unpaired) electrons. The molecule has 0 spiro atoms. The minimum absolute atomic E-state index is 0.189. The van der Waals surface area contributed by atoms with Crippen LogP contribution in [0.3, 0.4) is 0 Å². The van der Waals surface area contributed by atoms with E-state index in [-0.39, 0.29) is 12.3 Å². The monoisotopic (exact) mass is 388 g/mol. The second-order valence-corrected chi connectivity index (χ2v) is 7.21. The van der Waals surface area contributed by atoms with Crippen LogP contribution in [0.1, 0.15) is 45.1 Å². The Kier molecular flexibility index (Phi) is 6.07. The van der Waals surface area contributed by atoms with Crippen LogP contribution < -0.4 is 5.32 Å². The smallest absolute Gasteiger partial charge is 0.305 e. The number of aromatic nitrogens is 1. The number of carboxylic acid groups (broad SMARTS) is 1. The fourth-order valence-electron chi connectivity index (χ4n) is 3.26. The van der Waals surface area contributed by atoms with Crippen LogP contribution in [0.4, 0.5) is 0 Å². The van der Waals surface area contributed by atoms with Gasteiger partial charge in [-0.2, -0.15) is 0 Å². The van der Waals surface area contributed by atoms with Gasteiger partial charge in [-0.1, -0.05) is 36.4 Å². The molecule has 0 aliphatic rings. The Morgan fingerprint density at radius 1 is 0.966 bits per heavy atom. The highest BCUT2D eigenvalue weighted by molar-refractivity contribution is 5.95. The maximum absolute atomic E-state index is 12.9. The highest BCUT2D eigenvalue weighted by atomic mass is 16.4. The Hall–Kier alpha value is -3.47. The molecule has 148 valence electrons. The average molecular weight is 388 g/mol. The average Bonchev–Trinajstić information content (AvgIpc) is 2.69. The van der Waals surface area contributed by atoms with Crippen molar-refractivity contribution in [3.63, 3.8) is 0 Å². The quantitative estimate of drug-likeness (QED) is 0.646. The second kappa shape index (κ2) is 8.69. The van der Waals surface area contributed by atoms with Gasteiger partial charge in [-0.25, -0.2) is 0 Å². The van der Waals surface area contributed by atoms with Crippen molar-refractivity contribution in [2.24, 2.45) is 0 Å². The Balaban J connectivity index is 1.88. The Morgan fingerprint density at radius 3 is 2.41 bits per heavy atom. The number of pyridine rings is 1. The molecule has 1 unspecified atom stereocenters. The first kappa shape index (κ1) is 20.3. The lowest BCUT2D eigenvalue weighted by Crippen LogP contribution is -2.30. The zero-order valence-electron chi connectivity index (χ0n) is 16.8. The molecule has 1 atom stereocenters. The lowest BCUT2D eigenvalue weighted by molar-refractivity contribution is -0.137. The van der Waals surface area contributed by atoms with Crippen LogP contribution in [-0.2, 0) is 4.79 Å². The molecule has 0 saturated heterocycles. The number of nitrogens with one attached hydrogen (secondary N) is 1. The number of carbonyl (C=O) groups is 2. The molecule has 1 heterocycles. The summed E-state index contributed by atoms with van der Waals surface area (Å²) in [6.45, 7) is 5.99. The number of aryl methyl sites for hydroxylation is 3. The van der Waals surface area contributed by atoms with Crippen LogP contribution in [0.15, 0.2) is 60.8 Å². The number of hydrogen-bond acceptors (Lipinski definition) is 3. The summed E-state index contributed by atoms with van der Waals surface area (Å²) in [7, 11) is 0. The van der Waals surface area contributed by atoms with E-state index < -0.39 is 12.0 Å². The second-order valence-electron chi connectivity index (χ2n) is 7.21. The van der Waals surface area contributed by atoms with Crippen molar-refractivity contribution in [3.05, 3.63) is 88.6 Å². The standard InChI is InChI=1S/C24H24N2O3/c1-15-8-9-18(12-17(15)3)21-13-19(10-11-25-21)24(29)26-22(14-23(27)28)20-7-5-4-6-16(20)2/h4-13,22H,14H2,1-3H3,(H,26,29)(H,27,28). The summed E-state index contributed by atoms with van der Waals surface area (Å²) in [5.41, 5.74) is 6.15. The molecular weight excluding hydrogens is 364 g/mol. The van der Waals surface area contributed by atoms with E-state index in [0.717, 1.165) is 22.3 Å². The molecule has 0 bridgehead atoms. The van der Waals surface area contributed by atoms with Gasteiger partial charge in [-0.05, 0) is 61.2 Å². The first-order chi connectivity index (χ1) is 13.8. The molecule has 1 aromatic heterocycles. The summed E-state index contributed by atoms with van der Waals surface area (Å²) in [4.78, 5) is 28.6. The summed E-state index contributed by atoms with van der Waals surface area (Å²) in [6.07, 6.45) is 1.41.